The Balaban J connectivity index is 2.14. The smallest absolute Gasteiger partial charge is 0.248 e. The van der Waals surface area contributed by atoms with E-state index in [4.69, 9.17) is 5.73 Å². The van der Waals surface area contributed by atoms with E-state index in [0.29, 0.717) is 22.9 Å². The topological polar surface area (TPSA) is 55.1 Å². The van der Waals surface area contributed by atoms with Crippen molar-refractivity contribution < 1.29 is 4.79 Å². The van der Waals surface area contributed by atoms with Crippen molar-refractivity contribution in [3.05, 3.63) is 29.3 Å². The van der Waals surface area contributed by atoms with Gasteiger partial charge < -0.3 is 11.1 Å². The van der Waals surface area contributed by atoms with Gasteiger partial charge in [0.15, 0.2) is 0 Å². The van der Waals surface area contributed by atoms with Gasteiger partial charge in [-0.15, -0.1) is 0 Å². The highest BCUT2D eigenvalue weighted by molar-refractivity contribution is 5.93. The van der Waals surface area contributed by atoms with E-state index in [1.807, 2.05) is 19.1 Å². The number of rotatable bonds is 3. The number of carbonyl (C=O) groups excluding carboxylic acids is 1. The molecule has 3 nitrogen and oxygen atoms in total. The molecular weight excluding hydrogens is 236 g/mol. The molecule has 0 saturated heterocycles. The third-order valence-corrected chi connectivity index (χ3v) is 4.19. The number of hydrogen-bond acceptors (Lipinski definition) is 2. The fraction of sp³-hybridized carbons (Fsp3) is 0.562. The summed E-state index contributed by atoms with van der Waals surface area (Å²) in [5.41, 5.74) is 8.47. The van der Waals surface area contributed by atoms with Crippen LogP contribution in [-0.2, 0) is 0 Å². The highest BCUT2D eigenvalue weighted by Gasteiger charge is 2.36. The summed E-state index contributed by atoms with van der Waals surface area (Å²) >= 11 is 0. The van der Waals surface area contributed by atoms with E-state index in [1.54, 1.807) is 6.07 Å². The molecule has 0 bridgehead atoms. The number of hydrogen-bond donors (Lipinski definition) is 2. The fourth-order valence-electron chi connectivity index (χ4n) is 3.27. The molecule has 0 radical (unpaired) electrons. The van der Waals surface area contributed by atoms with Gasteiger partial charge in [-0.2, -0.15) is 0 Å². The largest absolute Gasteiger partial charge is 0.382 e. The molecule has 1 fully saturated rings. The van der Waals surface area contributed by atoms with E-state index >= 15 is 0 Å². The van der Waals surface area contributed by atoms with Crippen LogP contribution in [0, 0.1) is 18.3 Å². The molecule has 1 amide bonds. The van der Waals surface area contributed by atoms with Crippen LogP contribution in [0.1, 0.15) is 49.5 Å². The zero-order valence-corrected chi connectivity index (χ0v) is 12.3. The predicted molar refractivity (Wildman–Crippen MR) is 79.3 cm³/mol. The molecule has 1 aromatic carbocycles. The van der Waals surface area contributed by atoms with Crippen LogP contribution in [0.15, 0.2) is 18.2 Å². The van der Waals surface area contributed by atoms with Gasteiger partial charge in [0, 0.05) is 17.3 Å². The number of nitrogens with one attached hydrogen (secondary N) is 1. The summed E-state index contributed by atoms with van der Waals surface area (Å²) in [6, 6.07) is 6.12. The Kier molecular flexibility index (Phi) is 3.57. The van der Waals surface area contributed by atoms with Crippen LogP contribution in [0.3, 0.4) is 0 Å². The minimum atomic E-state index is -0.370. The molecule has 2 unspecified atom stereocenters. The van der Waals surface area contributed by atoms with Crippen LogP contribution in [0.2, 0.25) is 0 Å². The maximum Gasteiger partial charge on any atom is 0.248 e. The molecule has 3 heteroatoms. The summed E-state index contributed by atoms with van der Waals surface area (Å²) in [6.45, 7) is 8.97. The van der Waals surface area contributed by atoms with E-state index in [9.17, 15) is 4.79 Å². The van der Waals surface area contributed by atoms with Crippen molar-refractivity contribution in [1.82, 2.24) is 0 Å². The number of carbonyl (C=O) groups is 1. The maximum absolute atomic E-state index is 11.1. The van der Waals surface area contributed by atoms with E-state index in [1.165, 1.54) is 12.8 Å². The zero-order chi connectivity index (χ0) is 14.2. The van der Waals surface area contributed by atoms with E-state index in [-0.39, 0.29) is 5.91 Å². The lowest BCUT2D eigenvalue weighted by atomic mass is 9.91. The Morgan fingerprint density at radius 2 is 2.05 bits per heavy atom. The van der Waals surface area contributed by atoms with Crippen LogP contribution in [0.5, 0.6) is 0 Å². The Hall–Kier alpha value is -1.51. The van der Waals surface area contributed by atoms with Crippen LogP contribution in [0.25, 0.3) is 0 Å². The summed E-state index contributed by atoms with van der Waals surface area (Å²) in [6.07, 6.45) is 2.44. The molecule has 2 atom stereocenters. The Morgan fingerprint density at radius 1 is 1.37 bits per heavy atom. The van der Waals surface area contributed by atoms with Crippen molar-refractivity contribution in [2.75, 3.05) is 5.32 Å². The molecule has 3 N–H and O–H groups in total. The van der Waals surface area contributed by atoms with Crippen molar-refractivity contribution in [3.8, 4) is 0 Å². The summed E-state index contributed by atoms with van der Waals surface area (Å²) in [5.74, 6) is 0.301. The Morgan fingerprint density at radius 3 is 2.53 bits per heavy atom. The first-order valence-electron chi connectivity index (χ1n) is 6.95. The highest BCUT2D eigenvalue weighted by atomic mass is 16.1. The normalized spacial score (nSPS) is 25.3. The second-order valence-corrected chi connectivity index (χ2v) is 6.69. The average Bonchev–Trinajstić information content (AvgIpc) is 2.54. The molecular formula is C16H24N2O. The highest BCUT2D eigenvalue weighted by Crippen LogP contribution is 2.42. The molecule has 0 aromatic heterocycles. The first-order valence-corrected chi connectivity index (χ1v) is 6.95. The molecule has 19 heavy (non-hydrogen) atoms. The van der Waals surface area contributed by atoms with Crippen LogP contribution < -0.4 is 11.1 Å². The third-order valence-electron chi connectivity index (χ3n) is 4.19. The van der Waals surface area contributed by atoms with Crippen LogP contribution >= 0.6 is 0 Å². The molecule has 1 aliphatic carbocycles. The molecule has 2 rings (SSSR count). The summed E-state index contributed by atoms with van der Waals surface area (Å²) in [5, 5.41) is 3.63. The SMILES string of the molecule is Cc1cc(C(N)=O)ccc1NC1CC(C)(C)CC1C. The summed E-state index contributed by atoms with van der Waals surface area (Å²) in [7, 11) is 0. The van der Waals surface area contributed by atoms with Gasteiger partial charge in [-0.3, -0.25) is 4.79 Å². The van der Waals surface area contributed by atoms with Crippen molar-refractivity contribution >= 4 is 11.6 Å². The predicted octanol–water partition coefficient (Wildman–Crippen LogP) is 3.33. The van der Waals surface area contributed by atoms with Crippen molar-refractivity contribution in [3.63, 3.8) is 0 Å². The third kappa shape index (κ3) is 3.09. The van der Waals surface area contributed by atoms with Gasteiger partial charge in [-0.05, 0) is 54.9 Å². The molecule has 1 aromatic rings. The monoisotopic (exact) mass is 260 g/mol. The van der Waals surface area contributed by atoms with Gasteiger partial charge in [-0.1, -0.05) is 20.8 Å². The van der Waals surface area contributed by atoms with Gasteiger partial charge in [-0.25, -0.2) is 0 Å². The van der Waals surface area contributed by atoms with Gasteiger partial charge in [0.2, 0.25) is 5.91 Å². The Bertz CT molecular complexity index is 494. The lowest BCUT2D eigenvalue weighted by molar-refractivity contribution is 0.1000. The molecule has 0 aliphatic heterocycles. The zero-order valence-electron chi connectivity index (χ0n) is 12.3. The van der Waals surface area contributed by atoms with Gasteiger partial charge >= 0.3 is 0 Å². The van der Waals surface area contributed by atoms with Crippen molar-refractivity contribution in [2.24, 2.45) is 17.1 Å². The number of nitrogens with two attached hydrogens (primary N) is 1. The molecule has 0 heterocycles. The minimum Gasteiger partial charge on any atom is -0.382 e. The molecule has 1 aliphatic rings. The number of primary amides is 1. The van der Waals surface area contributed by atoms with E-state index in [2.05, 4.69) is 26.1 Å². The summed E-state index contributed by atoms with van der Waals surface area (Å²) in [4.78, 5) is 11.1. The van der Waals surface area contributed by atoms with E-state index < -0.39 is 0 Å². The van der Waals surface area contributed by atoms with Gasteiger partial charge in [0.1, 0.15) is 0 Å². The standard InChI is InChI=1S/C16H24N2O/c1-10-7-12(15(17)19)5-6-13(10)18-14-9-16(3,4)8-11(14)2/h5-7,11,14,18H,8-9H2,1-4H3,(H2,17,19). The first kappa shape index (κ1) is 13.9. The number of amides is 1. The lowest BCUT2D eigenvalue weighted by Gasteiger charge is -2.21. The maximum atomic E-state index is 11.1. The number of aryl methyl sites for hydroxylation is 1. The first-order chi connectivity index (χ1) is 8.78. The molecule has 0 spiro atoms. The van der Waals surface area contributed by atoms with Gasteiger partial charge in [0.25, 0.3) is 0 Å². The van der Waals surface area contributed by atoms with Gasteiger partial charge in [0.05, 0.1) is 0 Å². The van der Waals surface area contributed by atoms with Crippen molar-refractivity contribution in [1.29, 1.82) is 0 Å². The molecule has 1 saturated carbocycles. The second-order valence-electron chi connectivity index (χ2n) is 6.69. The lowest BCUT2D eigenvalue weighted by Crippen LogP contribution is -2.23. The number of anilines is 1. The Labute approximate surface area is 115 Å². The van der Waals surface area contributed by atoms with E-state index in [0.717, 1.165) is 11.3 Å². The number of benzene rings is 1. The van der Waals surface area contributed by atoms with Crippen molar-refractivity contribution in [2.45, 2.75) is 46.6 Å². The summed E-state index contributed by atoms with van der Waals surface area (Å²) < 4.78 is 0. The molecule has 104 valence electrons. The fourth-order valence-corrected chi connectivity index (χ4v) is 3.27. The quantitative estimate of drug-likeness (QED) is 0.875. The minimum absolute atomic E-state index is 0.370. The second kappa shape index (κ2) is 4.87. The average molecular weight is 260 g/mol. The van der Waals surface area contributed by atoms with Crippen LogP contribution in [0.4, 0.5) is 5.69 Å². The van der Waals surface area contributed by atoms with Crippen LogP contribution in [-0.4, -0.2) is 11.9 Å².